The number of benzene rings is 1. The van der Waals surface area contributed by atoms with Crippen LogP contribution in [0.2, 0.25) is 5.28 Å². The third-order valence-corrected chi connectivity index (χ3v) is 2.10. The van der Waals surface area contributed by atoms with Crippen LogP contribution in [0.4, 0.5) is 5.95 Å². The van der Waals surface area contributed by atoms with Gasteiger partial charge in [-0.3, -0.25) is 0 Å². The van der Waals surface area contributed by atoms with Crippen molar-refractivity contribution in [1.29, 1.82) is 0 Å². The summed E-state index contributed by atoms with van der Waals surface area (Å²) in [6.07, 6.45) is 0. The van der Waals surface area contributed by atoms with Crippen LogP contribution >= 0.6 is 11.6 Å². The molecule has 0 aliphatic carbocycles. The van der Waals surface area contributed by atoms with E-state index in [0.717, 1.165) is 0 Å². The average molecular weight is 267 g/mol. The molecule has 0 bridgehead atoms. The van der Waals surface area contributed by atoms with E-state index in [4.69, 9.17) is 26.8 Å². The van der Waals surface area contributed by atoms with E-state index >= 15 is 0 Å². The first kappa shape index (κ1) is 12.4. The highest BCUT2D eigenvalue weighted by Gasteiger charge is 2.05. The number of rotatable bonds is 4. The summed E-state index contributed by atoms with van der Waals surface area (Å²) in [5.41, 5.74) is 5.44. The van der Waals surface area contributed by atoms with E-state index in [2.05, 4.69) is 15.0 Å². The van der Waals surface area contributed by atoms with Gasteiger partial charge in [-0.1, -0.05) is 6.07 Å². The van der Waals surface area contributed by atoms with Crippen molar-refractivity contribution in [2.45, 2.75) is 6.92 Å². The first-order valence-corrected chi connectivity index (χ1v) is 5.63. The van der Waals surface area contributed by atoms with Gasteiger partial charge >= 0.3 is 6.01 Å². The topological polar surface area (TPSA) is 83.2 Å². The molecule has 1 heterocycles. The van der Waals surface area contributed by atoms with E-state index in [1.165, 1.54) is 0 Å². The molecule has 0 unspecified atom stereocenters. The second-order valence-electron chi connectivity index (χ2n) is 3.26. The Hall–Kier alpha value is -2.08. The molecule has 0 saturated carbocycles. The molecule has 0 amide bonds. The molecular formula is C11H11ClN4O2. The van der Waals surface area contributed by atoms with Gasteiger partial charge in [-0.15, -0.1) is 0 Å². The Kier molecular flexibility index (Phi) is 3.78. The number of hydrogen-bond acceptors (Lipinski definition) is 6. The quantitative estimate of drug-likeness (QED) is 0.914. The lowest BCUT2D eigenvalue weighted by Gasteiger charge is -2.06. The van der Waals surface area contributed by atoms with Crippen LogP contribution in [0.5, 0.6) is 17.5 Å². The minimum atomic E-state index is -0.0153. The molecule has 0 aliphatic rings. The highest BCUT2D eigenvalue weighted by Crippen LogP contribution is 2.23. The van der Waals surface area contributed by atoms with Crippen LogP contribution in [0.1, 0.15) is 6.92 Å². The Morgan fingerprint density at radius 3 is 2.72 bits per heavy atom. The molecule has 2 aromatic rings. The average Bonchev–Trinajstić information content (AvgIpc) is 2.28. The van der Waals surface area contributed by atoms with Crippen molar-refractivity contribution in [2.75, 3.05) is 12.3 Å². The minimum absolute atomic E-state index is 0.00552. The normalized spacial score (nSPS) is 10.1. The number of ether oxygens (including phenoxy) is 2. The number of nitrogen functional groups attached to an aromatic ring is 1. The second-order valence-corrected chi connectivity index (χ2v) is 3.59. The molecule has 0 atom stereocenters. The van der Waals surface area contributed by atoms with Gasteiger partial charge in [0.15, 0.2) is 0 Å². The van der Waals surface area contributed by atoms with E-state index in [0.29, 0.717) is 18.1 Å². The van der Waals surface area contributed by atoms with Crippen molar-refractivity contribution in [3.05, 3.63) is 29.5 Å². The fourth-order valence-corrected chi connectivity index (χ4v) is 1.45. The number of halogens is 1. The van der Waals surface area contributed by atoms with Crippen LogP contribution < -0.4 is 15.2 Å². The van der Waals surface area contributed by atoms with Gasteiger partial charge in [0.25, 0.3) is 0 Å². The molecule has 0 saturated heterocycles. The first-order valence-electron chi connectivity index (χ1n) is 5.25. The van der Waals surface area contributed by atoms with Gasteiger partial charge in [0.05, 0.1) is 6.61 Å². The summed E-state index contributed by atoms with van der Waals surface area (Å²) in [7, 11) is 0. The fraction of sp³-hybridized carbons (Fsp3) is 0.182. The summed E-state index contributed by atoms with van der Waals surface area (Å²) >= 11 is 5.65. The largest absolute Gasteiger partial charge is 0.494 e. The molecule has 0 spiro atoms. The molecule has 0 fully saturated rings. The zero-order valence-electron chi connectivity index (χ0n) is 9.63. The van der Waals surface area contributed by atoms with Crippen LogP contribution in [0.25, 0.3) is 0 Å². The van der Waals surface area contributed by atoms with Crippen LogP contribution in [-0.4, -0.2) is 21.6 Å². The highest BCUT2D eigenvalue weighted by atomic mass is 35.5. The minimum Gasteiger partial charge on any atom is -0.494 e. The van der Waals surface area contributed by atoms with Crippen LogP contribution in [0.3, 0.4) is 0 Å². The van der Waals surface area contributed by atoms with Crippen LogP contribution in [0.15, 0.2) is 24.3 Å². The van der Waals surface area contributed by atoms with Crippen molar-refractivity contribution < 1.29 is 9.47 Å². The van der Waals surface area contributed by atoms with Gasteiger partial charge in [-0.2, -0.15) is 15.0 Å². The molecule has 0 aliphatic heterocycles. The van der Waals surface area contributed by atoms with E-state index < -0.39 is 0 Å². The van der Waals surface area contributed by atoms with E-state index in [9.17, 15) is 0 Å². The summed E-state index contributed by atoms with van der Waals surface area (Å²) < 4.78 is 10.8. The maximum atomic E-state index is 5.65. The number of anilines is 1. The van der Waals surface area contributed by atoms with Crippen molar-refractivity contribution in [3.8, 4) is 17.5 Å². The summed E-state index contributed by atoms with van der Waals surface area (Å²) in [6.45, 7) is 2.48. The summed E-state index contributed by atoms with van der Waals surface area (Å²) in [5, 5.41) is -0.0153. The highest BCUT2D eigenvalue weighted by molar-refractivity contribution is 6.28. The zero-order chi connectivity index (χ0) is 13.0. The van der Waals surface area contributed by atoms with Gasteiger partial charge in [-0.25, -0.2) is 0 Å². The Balaban J connectivity index is 2.20. The molecule has 7 heteroatoms. The molecule has 6 nitrogen and oxygen atoms in total. The maximum Gasteiger partial charge on any atom is 0.328 e. The van der Waals surface area contributed by atoms with Crippen molar-refractivity contribution in [1.82, 2.24) is 15.0 Å². The van der Waals surface area contributed by atoms with E-state index in [1.54, 1.807) is 18.2 Å². The van der Waals surface area contributed by atoms with E-state index in [-0.39, 0.29) is 17.2 Å². The third kappa shape index (κ3) is 3.21. The van der Waals surface area contributed by atoms with Crippen LogP contribution in [0, 0.1) is 0 Å². The van der Waals surface area contributed by atoms with Gasteiger partial charge in [0, 0.05) is 6.07 Å². The molecule has 18 heavy (non-hydrogen) atoms. The van der Waals surface area contributed by atoms with Crippen molar-refractivity contribution >= 4 is 17.5 Å². The number of aromatic nitrogens is 3. The number of hydrogen-bond donors (Lipinski definition) is 1. The SMILES string of the molecule is CCOc1cccc(Oc2nc(N)nc(Cl)n2)c1. The Labute approximate surface area is 109 Å². The van der Waals surface area contributed by atoms with Crippen LogP contribution in [-0.2, 0) is 0 Å². The Morgan fingerprint density at radius 2 is 2.00 bits per heavy atom. The number of nitrogens with zero attached hydrogens (tertiary/aromatic N) is 3. The lowest BCUT2D eigenvalue weighted by atomic mass is 10.3. The lowest BCUT2D eigenvalue weighted by molar-refractivity contribution is 0.337. The van der Waals surface area contributed by atoms with Crippen molar-refractivity contribution in [2.24, 2.45) is 0 Å². The Morgan fingerprint density at radius 1 is 1.22 bits per heavy atom. The number of nitrogens with two attached hydrogens (primary N) is 1. The zero-order valence-corrected chi connectivity index (χ0v) is 10.4. The van der Waals surface area contributed by atoms with Crippen molar-refractivity contribution in [3.63, 3.8) is 0 Å². The summed E-state index contributed by atoms with van der Waals surface area (Å²) in [4.78, 5) is 11.3. The first-order chi connectivity index (χ1) is 8.67. The molecule has 0 radical (unpaired) electrons. The van der Waals surface area contributed by atoms with Gasteiger partial charge in [-0.05, 0) is 30.7 Å². The molecule has 2 N–H and O–H groups in total. The third-order valence-electron chi connectivity index (χ3n) is 1.93. The lowest BCUT2D eigenvalue weighted by Crippen LogP contribution is -2.00. The summed E-state index contributed by atoms with van der Waals surface area (Å²) in [6, 6.07) is 7.13. The van der Waals surface area contributed by atoms with Gasteiger partial charge < -0.3 is 15.2 Å². The predicted molar refractivity (Wildman–Crippen MR) is 66.9 cm³/mol. The molecular weight excluding hydrogens is 256 g/mol. The predicted octanol–water partition coefficient (Wildman–Crippen LogP) is 2.30. The standard InChI is InChI=1S/C11H11ClN4O2/c1-2-17-7-4-3-5-8(6-7)18-11-15-9(12)14-10(13)16-11/h3-6H,2H2,1H3,(H2,13,14,15,16). The molecule has 2 rings (SSSR count). The van der Waals surface area contributed by atoms with Gasteiger partial charge in [0.1, 0.15) is 11.5 Å². The molecule has 1 aromatic carbocycles. The molecule has 1 aromatic heterocycles. The van der Waals surface area contributed by atoms with E-state index in [1.807, 2.05) is 13.0 Å². The Bertz CT molecular complexity index is 530. The maximum absolute atomic E-state index is 5.65. The fourth-order valence-electron chi connectivity index (χ4n) is 1.29. The second kappa shape index (κ2) is 5.50. The monoisotopic (exact) mass is 266 g/mol. The smallest absolute Gasteiger partial charge is 0.328 e. The summed E-state index contributed by atoms with van der Waals surface area (Å²) in [5.74, 6) is 1.23. The molecule has 94 valence electrons. The van der Waals surface area contributed by atoms with Gasteiger partial charge in [0.2, 0.25) is 11.2 Å².